The second-order valence-electron chi connectivity index (χ2n) is 9.82. The maximum Gasteiger partial charge on any atom is 0.193 e. The van der Waals surface area contributed by atoms with Gasteiger partial charge in [0, 0.05) is 11.1 Å². The van der Waals surface area contributed by atoms with Gasteiger partial charge < -0.3 is 0 Å². The van der Waals surface area contributed by atoms with E-state index in [2.05, 4.69) is 32.0 Å². The first-order chi connectivity index (χ1) is 14.7. The van der Waals surface area contributed by atoms with Gasteiger partial charge in [-0.25, -0.2) is 4.39 Å². The van der Waals surface area contributed by atoms with Gasteiger partial charge in [0.05, 0.1) is 0 Å². The summed E-state index contributed by atoms with van der Waals surface area (Å²) in [7, 11) is 0. The first kappa shape index (κ1) is 21.7. The Bertz CT molecular complexity index is 1160. The zero-order chi connectivity index (χ0) is 22.4. The Balaban J connectivity index is 1.81. The van der Waals surface area contributed by atoms with Crippen molar-refractivity contribution in [1.82, 2.24) is 0 Å². The molecule has 4 rings (SSSR count). The predicted octanol–water partition coefficient (Wildman–Crippen LogP) is 8.05. The molecular formula is C29H33FO. The summed E-state index contributed by atoms with van der Waals surface area (Å²) in [6.07, 6.45) is 5.14. The Labute approximate surface area is 185 Å². The highest BCUT2D eigenvalue weighted by atomic mass is 19.1. The second-order valence-corrected chi connectivity index (χ2v) is 9.82. The molecule has 2 heteroatoms. The summed E-state index contributed by atoms with van der Waals surface area (Å²) in [5.41, 5.74) is 7.16. The Morgan fingerprint density at radius 1 is 0.806 bits per heavy atom. The number of ketones is 1. The topological polar surface area (TPSA) is 17.1 Å². The number of carbonyl (C=O) groups excluding carboxylic acids is 1. The van der Waals surface area contributed by atoms with Gasteiger partial charge in [-0.1, -0.05) is 38.0 Å². The SMILES string of the molecule is Cc1cc(C(=O)c2c(C)cc3cc(C4CCC(C)CC4)cc(C)c3c2C)cc(F)c1C. The normalized spacial score (nSPS) is 19.1. The number of aryl methyl sites for hydroxylation is 4. The van der Waals surface area contributed by atoms with Crippen LogP contribution in [0.1, 0.15) is 87.8 Å². The minimum Gasteiger partial charge on any atom is -0.289 e. The average molecular weight is 417 g/mol. The molecule has 162 valence electrons. The van der Waals surface area contributed by atoms with Gasteiger partial charge in [-0.05, 0) is 116 Å². The van der Waals surface area contributed by atoms with Gasteiger partial charge >= 0.3 is 0 Å². The molecule has 0 unspecified atom stereocenters. The van der Waals surface area contributed by atoms with Gasteiger partial charge in [-0.15, -0.1) is 0 Å². The summed E-state index contributed by atoms with van der Waals surface area (Å²) in [4.78, 5) is 13.4. The van der Waals surface area contributed by atoms with Gasteiger partial charge in [0.1, 0.15) is 5.82 Å². The molecule has 0 N–H and O–H groups in total. The lowest BCUT2D eigenvalue weighted by Crippen LogP contribution is -2.11. The number of benzene rings is 3. The van der Waals surface area contributed by atoms with Crippen molar-refractivity contribution < 1.29 is 9.18 Å². The van der Waals surface area contributed by atoms with Gasteiger partial charge in [0.25, 0.3) is 0 Å². The zero-order valence-corrected chi connectivity index (χ0v) is 19.7. The fourth-order valence-corrected chi connectivity index (χ4v) is 5.47. The number of carbonyl (C=O) groups is 1. The lowest BCUT2D eigenvalue weighted by molar-refractivity contribution is 0.103. The van der Waals surface area contributed by atoms with Crippen LogP contribution in [0.15, 0.2) is 30.3 Å². The van der Waals surface area contributed by atoms with Crippen LogP contribution >= 0.6 is 0 Å². The standard InChI is InChI=1S/C29H33FO/c1-16-7-9-22(10-8-16)23-12-18(3)27-21(6)28(19(4)13-24(27)14-23)29(31)25-11-17(2)20(5)26(30)15-25/h11-16,22H,7-10H2,1-6H3. The molecule has 0 aromatic heterocycles. The minimum absolute atomic E-state index is 0.0938. The number of hydrogen-bond donors (Lipinski definition) is 0. The molecule has 3 aromatic rings. The molecule has 1 fully saturated rings. The van der Waals surface area contributed by atoms with Crippen LogP contribution < -0.4 is 0 Å². The third kappa shape index (κ3) is 3.93. The molecule has 1 aliphatic carbocycles. The Morgan fingerprint density at radius 2 is 1.48 bits per heavy atom. The van der Waals surface area contributed by atoms with Crippen LogP contribution in [0.4, 0.5) is 4.39 Å². The molecule has 0 aliphatic heterocycles. The van der Waals surface area contributed by atoms with E-state index in [4.69, 9.17) is 0 Å². The summed E-state index contributed by atoms with van der Waals surface area (Å²) in [5, 5.41) is 2.37. The first-order valence-electron chi connectivity index (χ1n) is 11.5. The highest BCUT2D eigenvalue weighted by Gasteiger charge is 2.23. The summed E-state index contributed by atoms with van der Waals surface area (Å²) >= 11 is 0. The van der Waals surface area contributed by atoms with E-state index in [9.17, 15) is 9.18 Å². The van der Waals surface area contributed by atoms with E-state index in [0.29, 0.717) is 22.6 Å². The highest BCUT2D eigenvalue weighted by Crippen LogP contribution is 2.39. The fraction of sp³-hybridized carbons (Fsp3) is 0.414. The molecule has 3 aromatic carbocycles. The summed E-state index contributed by atoms with van der Waals surface area (Å²) < 4.78 is 14.3. The third-order valence-electron chi connectivity index (χ3n) is 7.49. The van der Waals surface area contributed by atoms with Crippen LogP contribution in [0.2, 0.25) is 0 Å². The highest BCUT2D eigenvalue weighted by molar-refractivity contribution is 6.13. The molecule has 0 bridgehead atoms. The van der Waals surface area contributed by atoms with Crippen LogP contribution in [0.3, 0.4) is 0 Å². The van der Waals surface area contributed by atoms with Crippen molar-refractivity contribution in [1.29, 1.82) is 0 Å². The summed E-state index contributed by atoms with van der Waals surface area (Å²) in [6.45, 7) is 12.2. The Kier molecular flexibility index (Phi) is 5.77. The van der Waals surface area contributed by atoms with Crippen molar-refractivity contribution in [2.45, 2.75) is 73.1 Å². The van der Waals surface area contributed by atoms with E-state index < -0.39 is 0 Å². The predicted molar refractivity (Wildman–Crippen MR) is 128 cm³/mol. The quantitative estimate of drug-likeness (QED) is 0.395. The van der Waals surface area contributed by atoms with E-state index >= 15 is 0 Å². The smallest absolute Gasteiger partial charge is 0.193 e. The maximum absolute atomic E-state index is 14.3. The summed E-state index contributed by atoms with van der Waals surface area (Å²) in [5.74, 6) is 1.07. The molecule has 0 atom stereocenters. The molecule has 0 spiro atoms. The zero-order valence-electron chi connectivity index (χ0n) is 19.7. The van der Waals surface area contributed by atoms with Crippen molar-refractivity contribution in [3.63, 3.8) is 0 Å². The Hall–Kier alpha value is -2.48. The molecule has 1 nitrogen and oxygen atoms in total. The molecule has 0 saturated heterocycles. The van der Waals surface area contributed by atoms with Gasteiger partial charge in [-0.2, -0.15) is 0 Å². The van der Waals surface area contributed by atoms with Crippen molar-refractivity contribution in [3.8, 4) is 0 Å². The first-order valence-corrected chi connectivity index (χ1v) is 11.5. The number of halogens is 1. The molecule has 0 heterocycles. The van der Waals surface area contributed by atoms with E-state index in [1.165, 1.54) is 48.3 Å². The van der Waals surface area contributed by atoms with E-state index in [1.54, 1.807) is 6.92 Å². The maximum atomic E-state index is 14.3. The molecule has 31 heavy (non-hydrogen) atoms. The molecule has 1 aliphatic rings. The van der Waals surface area contributed by atoms with Crippen LogP contribution in [-0.4, -0.2) is 5.78 Å². The molecule has 0 radical (unpaired) electrons. The molecule has 0 amide bonds. The lowest BCUT2D eigenvalue weighted by atomic mass is 9.78. The largest absolute Gasteiger partial charge is 0.289 e. The van der Waals surface area contributed by atoms with Crippen LogP contribution in [0.25, 0.3) is 10.8 Å². The number of rotatable bonds is 3. The van der Waals surface area contributed by atoms with Crippen molar-refractivity contribution in [3.05, 3.63) is 80.7 Å². The fourth-order valence-electron chi connectivity index (χ4n) is 5.47. The van der Waals surface area contributed by atoms with E-state index in [1.807, 2.05) is 26.8 Å². The monoisotopic (exact) mass is 416 g/mol. The number of fused-ring (bicyclic) bond motifs is 1. The van der Waals surface area contributed by atoms with E-state index in [-0.39, 0.29) is 11.6 Å². The Morgan fingerprint density at radius 3 is 2.13 bits per heavy atom. The third-order valence-corrected chi connectivity index (χ3v) is 7.49. The van der Waals surface area contributed by atoms with Crippen molar-refractivity contribution in [2.75, 3.05) is 0 Å². The van der Waals surface area contributed by atoms with Crippen LogP contribution in [0.5, 0.6) is 0 Å². The van der Waals surface area contributed by atoms with Gasteiger partial charge in [0.2, 0.25) is 0 Å². The molecule has 1 saturated carbocycles. The minimum atomic E-state index is -0.318. The van der Waals surface area contributed by atoms with Gasteiger partial charge in [-0.3, -0.25) is 4.79 Å². The number of hydrogen-bond acceptors (Lipinski definition) is 1. The molecular weight excluding hydrogens is 383 g/mol. The average Bonchev–Trinajstić information content (AvgIpc) is 2.71. The van der Waals surface area contributed by atoms with Crippen molar-refractivity contribution in [2.24, 2.45) is 5.92 Å². The summed E-state index contributed by atoms with van der Waals surface area (Å²) in [6, 6.07) is 10.0. The second kappa shape index (κ2) is 8.22. The van der Waals surface area contributed by atoms with E-state index in [0.717, 1.165) is 28.0 Å². The van der Waals surface area contributed by atoms with Gasteiger partial charge in [0.15, 0.2) is 5.78 Å². The van der Waals surface area contributed by atoms with Crippen LogP contribution in [-0.2, 0) is 0 Å². The lowest BCUT2D eigenvalue weighted by Gasteiger charge is -2.27. The van der Waals surface area contributed by atoms with Crippen molar-refractivity contribution >= 4 is 16.6 Å². The van der Waals surface area contributed by atoms with Crippen LogP contribution in [0, 0.1) is 46.4 Å².